The first-order chi connectivity index (χ1) is 8.53. The van der Waals surface area contributed by atoms with Crippen LogP contribution in [0.5, 0.6) is 0 Å². The average Bonchev–Trinajstić information content (AvgIpc) is 2.40. The van der Waals surface area contributed by atoms with Gasteiger partial charge in [0.2, 0.25) is 0 Å². The molecule has 1 saturated heterocycles. The van der Waals surface area contributed by atoms with Gasteiger partial charge in [0.15, 0.2) is 0 Å². The molecular weight excluding hydrogens is 226 g/mol. The zero-order chi connectivity index (χ0) is 13.2. The van der Waals surface area contributed by atoms with Crippen LogP contribution in [0.2, 0.25) is 0 Å². The van der Waals surface area contributed by atoms with E-state index in [-0.39, 0.29) is 0 Å². The lowest BCUT2D eigenvalue weighted by atomic mass is 9.80. The number of carboxylic acid groups (broad SMARTS) is 1. The van der Waals surface area contributed by atoms with E-state index in [0.29, 0.717) is 6.04 Å². The molecule has 3 heteroatoms. The van der Waals surface area contributed by atoms with Crippen LogP contribution in [0.4, 0.5) is 0 Å². The smallest absolute Gasteiger partial charge is 0.309 e. The van der Waals surface area contributed by atoms with Gasteiger partial charge >= 0.3 is 5.97 Å². The van der Waals surface area contributed by atoms with Gasteiger partial charge in [-0.15, -0.1) is 0 Å². The third-order valence-corrected chi connectivity index (χ3v) is 4.25. The molecule has 1 heterocycles. The van der Waals surface area contributed by atoms with Crippen LogP contribution in [-0.2, 0) is 4.79 Å². The maximum atomic E-state index is 11.2. The van der Waals surface area contributed by atoms with Gasteiger partial charge in [-0.2, -0.15) is 0 Å². The number of hydrogen-bond donors (Lipinski definition) is 1. The van der Waals surface area contributed by atoms with E-state index in [9.17, 15) is 9.90 Å². The summed E-state index contributed by atoms with van der Waals surface area (Å²) in [6.45, 7) is 5.77. The Morgan fingerprint density at radius 3 is 2.33 bits per heavy atom. The summed E-state index contributed by atoms with van der Waals surface area (Å²) < 4.78 is 0. The number of benzene rings is 1. The second-order valence-electron chi connectivity index (χ2n) is 5.49. The van der Waals surface area contributed by atoms with E-state index in [1.165, 1.54) is 5.56 Å². The van der Waals surface area contributed by atoms with Gasteiger partial charge in [0, 0.05) is 6.04 Å². The lowest BCUT2D eigenvalue weighted by Gasteiger charge is -2.39. The predicted molar refractivity (Wildman–Crippen MR) is 71.4 cm³/mol. The molecule has 1 aliphatic heterocycles. The summed E-state index contributed by atoms with van der Waals surface area (Å²) in [7, 11) is 0. The third-order valence-electron chi connectivity index (χ3n) is 4.25. The van der Waals surface area contributed by atoms with Crippen molar-refractivity contribution >= 4 is 5.97 Å². The van der Waals surface area contributed by atoms with Crippen molar-refractivity contribution in [3.8, 4) is 0 Å². The molecule has 0 saturated carbocycles. The number of aliphatic carboxylic acids is 1. The fourth-order valence-electron chi connectivity index (χ4n) is 2.56. The van der Waals surface area contributed by atoms with Crippen LogP contribution in [0.3, 0.4) is 0 Å². The fourth-order valence-corrected chi connectivity index (χ4v) is 2.56. The first-order valence-corrected chi connectivity index (χ1v) is 6.55. The molecule has 1 aromatic rings. The summed E-state index contributed by atoms with van der Waals surface area (Å²) in [4.78, 5) is 13.6. The van der Waals surface area contributed by atoms with Gasteiger partial charge in [-0.05, 0) is 45.3 Å². The van der Waals surface area contributed by atoms with Crippen molar-refractivity contribution in [2.75, 3.05) is 13.1 Å². The van der Waals surface area contributed by atoms with Crippen molar-refractivity contribution in [2.24, 2.45) is 5.41 Å². The summed E-state index contributed by atoms with van der Waals surface area (Å²) in [6, 6.07) is 10.8. The van der Waals surface area contributed by atoms with Crippen LogP contribution in [0.1, 0.15) is 38.3 Å². The van der Waals surface area contributed by atoms with E-state index in [1.807, 2.05) is 13.0 Å². The van der Waals surface area contributed by atoms with E-state index >= 15 is 0 Å². The van der Waals surface area contributed by atoms with Gasteiger partial charge in [-0.25, -0.2) is 0 Å². The minimum atomic E-state index is -0.658. The quantitative estimate of drug-likeness (QED) is 0.892. The van der Waals surface area contributed by atoms with Gasteiger partial charge in [0.05, 0.1) is 5.41 Å². The molecule has 0 spiro atoms. The van der Waals surface area contributed by atoms with E-state index in [1.54, 1.807) is 0 Å². The number of rotatable bonds is 3. The molecule has 98 valence electrons. The standard InChI is InChI=1S/C15H21NO2/c1-12(13-6-4-3-5-7-13)16-10-8-15(2,9-11-16)14(17)18/h3-7,12H,8-11H2,1-2H3,(H,17,18). The first kappa shape index (κ1) is 13.1. The Balaban J connectivity index is 2.00. The van der Waals surface area contributed by atoms with E-state index < -0.39 is 11.4 Å². The van der Waals surface area contributed by atoms with Gasteiger partial charge in [-0.1, -0.05) is 30.3 Å². The molecule has 0 bridgehead atoms. The summed E-state index contributed by atoms with van der Waals surface area (Å²) in [5.74, 6) is -0.658. The third kappa shape index (κ3) is 2.56. The Morgan fingerprint density at radius 1 is 1.28 bits per heavy atom. The van der Waals surface area contributed by atoms with Gasteiger partial charge in [0.1, 0.15) is 0 Å². The van der Waals surface area contributed by atoms with Crippen LogP contribution in [0.15, 0.2) is 30.3 Å². The highest BCUT2D eigenvalue weighted by Gasteiger charge is 2.37. The van der Waals surface area contributed by atoms with Crippen molar-refractivity contribution in [1.82, 2.24) is 4.90 Å². The van der Waals surface area contributed by atoms with Crippen molar-refractivity contribution in [1.29, 1.82) is 0 Å². The molecule has 0 aliphatic carbocycles. The highest BCUT2D eigenvalue weighted by molar-refractivity contribution is 5.74. The van der Waals surface area contributed by atoms with Crippen LogP contribution in [0, 0.1) is 5.41 Å². The average molecular weight is 247 g/mol. The number of piperidine rings is 1. The monoisotopic (exact) mass is 247 g/mol. The number of carboxylic acids is 1. The molecule has 2 rings (SSSR count). The predicted octanol–water partition coefficient (Wildman–Crippen LogP) is 2.93. The molecule has 1 fully saturated rings. The molecule has 1 unspecified atom stereocenters. The summed E-state index contributed by atoms with van der Waals surface area (Å²) in [6.07, 6.45) is 1.47. The van der Waals surface area contributed by atoms with Crippen LogP contribution >= 0.6 is 0 Å². The van der Waals surface area contributed by atoms with Gasteiger partial charge in [0.25, 0.3) is 0 Å². The molecule has 3 nitrogen and oxygen atoms in total. The lowest BCUT2D eigenvalue weighted by Crippen LogP contribution is -2.43. The van der Waals surface area contributed by atoms with E-state index in [2.05, 4.69) is 36.1 Å². The fraction of sp³-hybridized carbons (Fsp3) is 0.533. The summed E-state index contributed by atoms with van der Waals surface area (Å²) >= 11 is 0. The Hall–Kier alpha value is -1.35. The van der Waals surface area contributed by atoms with Crippen molar-refractivity contribution in [2.45, 2.75) is 32.7 Å². The van der Waals surface area contributed by atoms with Crippen LogP contribution in [0.25, 0.3) is 0 Å². The maximum absolute atomic E-state index is 11.2. The first-order valence-electron chi connectivity index (χ1n) is 6.55. The van der Waals surface area contributed by atoms with Crippen molar-refractivity contribution < 1.29 is 9.90 Å². The van der Waals surface area contributed by atoms with Gasteiger partial charge in [-0.3, -0.25) is 9.69 Å². The number of nitrogens with zero attached hydrogens (tertiary/aromatic N) is 1. The number of carbonyl (C=O) groups is 1. The molecule has 1 aromatic carbocycles. The maximum Gasteiger partial charge on any atom is 0.309 e. The highest BCUT2D eigenvalue weighted by Crippen LogP contribution is 2.34. The largest absolute Gasteiger partial charge is 0.481 e. The van der Waals surface area contributed by atoms with Gasteiger partial charge < -0.3 is 5.11 Å². The second kappa shape index (κ2) is 5.11. The summed E-state index contributed by atoms with van der Waals surface area (Å²) in [5, 5.41) is 9.22. The Morgan fingerprint density at radius 2 is 1.83 bits per heavy atom. The minimum Gasteiger partial charge on any atom is -0.481 e. The molecule has 18 heavy (non-hydrogen) atoms. The molecular formula is C15H21NO2. The van der Waals surface area contributed by atoms with Crippen molar-refractivity contribution in [3.63, 3.8) is 0 Å². The highest BCUT2D eigenvalue weighted by atomic mass is 16.4. The Bertz CT molecular complexity index is 408. The zero-order valence-corrected chi connectivity index (χ0v) is 11.1. The normalized spacial score (nSPS) is 21.4. The molecule has 1 aliphatic rings. The lowest BCUT2D eigenvalue weighted by molar-refractivity contribution is -0.151. The number of hydrogen-bond acceptors (Lipinski definition) is 2. The van der Waals surface area contributed by atoms with Crippen LogP contribution in [-0.4, -0.2) is 29.1 Å². The number of likely N-dealkylation sites (tertiary alicyclic amines) is 1. The molecule has 0 amide bonds. The SMILES string of the molecule is CC(c1ccccc1)N1CCC(C)(C(=O)O)CC1. The Kier molecular flexibility index (Phi) is 3.71. The zero-order valence-electron chi connectivity index (χ0n) is 11.1. The molecule has 0 aromatic heterocycles. The second-order valence-corrected chi connectivity index (χ2v) is 5.49. The van der Waals surface area contributed by atoms with Crippen LogP contribution < -0.4 is 0 Å². The topological polar surface area (TPSA) is 40.5 Å². The molecule has 1 atom stereocenters. The van der Waals surface area contributed by atoms with E-state index in [4.69, 9.17) is 0 Å². The summed E-state index contributed by atoms with van der Waals surface area (Å²) in [5.41, 5.74) is 0.767. The molecule has 1 N–H and O–H groups in total. The van der Waals surface area contributed by atoms with Crippen molar-refractivity contribution in [3.05, 3.63) is 35.9 Å². The van der Waals surface area contributed by atoms with E-state index in [0.717, 1.165) is 25.9 Å². The Labute approximate surface area is 108 Å². The molecule has 0 radical (unpaired) electrons. The minimum absolute atomic E-state index is 0.365.